The van der Waals surface area contributed by atoms with Gasteiger partial charge in [-0.1, -0.05) is 0 Å². The monoisotopic (exact) mass is 387 g/mol. The maximum Gasteiger partial charge on any atom is 0.394 e. The molecule has 0 radical (unpaired) electrons. The molecule has 3 fully saturated rings. The lowest BCUT2D eigenvalue weighted by molar-refractivity contribution is -0.168. The zero-order chi connectivity index (χ0) is 19.2. The van der Waals surface area contributed by atoms with Crippen molar-refractivity contribution in [3.8, 4) is 0 Å². The summed E-state index contributed by atoms with van der Waals surface area (Å²) in [6.07, 6.45) is 1.05. The van der Waals surface area contributed by atoms with Crippen molar-refractivity contribution in [2.45, 2.75) is 69.7 Å². The van der Waals surface area contributed by atoms with E-state index in [0.29, 0.717) is 18.9 Å². The number of nitrogens with zero attached hydrogens (tertiary/aromatic N) is 3. The number of amidine groups is 1. The number of hydrogen-bond donors (Lipinski definition) is 1. The van der Waals surface area contributed by atoms with Crippen molar-refractivity contribution in [1.29, 1.82) is 0 Å². The summed E-state index contributed by atoms with van der Waals surface area (Å²) in [6, 6.07) is 0.203. The first-order chi connectivity index (χ1) is 12.8. The fourth-order valence-electron chi connectivity index (χ4n) is 5.31. The van der Waals surface area contributed by atoms with Crippen LogP contribution < -0.4 is 0 Å². The van der Waals surface area contributed by atoms with E-state index in [1.165, 1.54) is 0 Å². The van der Waals surface area contributed by atoms with Gasteiger partial charge in [-0.05, 0) is 44.9 Å². The number of carbonyl (C=O) groups is 1. The molecule has 0 bridgehead atoms. The van der Waals surface area contributed by atoms with Crippen molar-refractivity contribution in [2.24, 2.45) is 16.3 Å². The van der Waals surface area contributed by atoms with Gasteiger partial charge in [0, 0.05) is 32.1 Å². The standard InChI is InChI=1S/C19H28F3N3O2/c20-19(21,22)13-10-16(23-11-13)24-8-1-6-18(12-24)7-9-25(17(18)27)14-2-4-15(26)5-3-14/h13-15,26H,1-12H2/t13?,14?,15?,18-/m1/s1. The number of amides is 1. The van der Waals surface area contributed by atoms with Crippen molar-refractivity contribution < 1.29 is 23.1 Å². The number of hydrogen-bond acceptors (Lipinski definition) is 4. The van der Waals surface area contributed by atoms with E-state index in [1.54, 1.807) is 0 Å². The van der Waals surface area contributed by atoms with Crippen molar-refractivity contribution in [3.05, 3.63) is 0 Å². The molecule has 0 aromatic heterocycles. The summed E-state index contributed by atoms with van der Waals surface area (Å²) in [5, 5.41) is 9.71. The lowest BCUT2D eigenvalue weighted by Gasteiger charge is -2.41. The van der Waals surface area contributed by atoms with Gasteiger partial charge in [0.05, 0.1) is 29.8 Å². The Morgan fingerprint density at radius 2 is 1.85 bits per heavy atom. The molecule has 3 aliphatic heterocycles. The van der Waals surface area contributed by atoms with Crippen molar-refractivity contribution in [1.82, 2.24) is 9.80 Å². The van der Waals surface area contributed by atoms with Gasteiger partial charge < -0.3 is 14.9 Å². The Kier molecular flexibility index (Phi) is 4.89. The van der Waals surface area contributed by atoms with E-state index in [4.69, 9.17) is 0 Å². The second-order valence-electron chi connectivity index (χ2n) is 8.72. The van der Waals surface area contributed by atoms with E-state index < -0.39 is 17.5 Å². The average Bonchev–Trinajstić information content (AvgIpc) is 3.23. The van der Waals surface area contributed by atoms with E-state index in [1.807, 2.05) is 9.80 Å². The molecule has 8 heteroatoms. The van der Waals surface area contributed by atoms with Gasteiger partial charge in [0.1, 0.15) is 0 Å². The topological polar surface area (TPSA) is 56.1 Å². The van der Waals surface area contributed by atoms with Gasteiger partial charge in [0.15, 0.2) is 0 Å². The highest BCUT2D eigenvalue weighted by Gasteiger charge is 2.52. The molecule has 2 saturated heterocycles. The maximum atomic E-state index is 13.3. The third-order valence-electron chi connectivity index (χ3n) is 6.98. The van der Waals surface area contributed by atoms with Crippen molar-refractivity contribution in [3.63, 3.8) is 0 Å². The number of rotatable bonds is 1. The number of aliphatic hydroxyl groups is 1. The first-order valence-electron chi connectivity index (χ1n) is 10.1. The Hall–Kier alpha value is -1.31. The molecular formula is C19H28F3N3O2. The normalized spacial score (nSPS) is 38.0. The highest BCUT2D eigenvalue weighted by molar-refractivity contribution is 5.88. The second-order valence-corrected chi connectivity index (χ2v) is 8.72. The fraction of sp³-hybridized carbons (Fsp3) is 0.895. The van der Waals surface area contributed by atoms with Gasteiger partial charge in [0.2, 0.25) is 5.91 Å². The van der Waals surface area contributed by atoms with Crippen LogP contribution in [0.3, 0.4) is 0 Å². The van der Waals surface area contributed by atoms with Crippen molar-refractivity contribution >= 4 is 11.7 Å². The molecule has 1 amide bonds. The molecule has 27 heavy (non-hydrogen) atoms. The van der Waals surface area contributed by atoms with Crippen LogP contribution in [0.15, 0.2) is 4.99 Å². The molecule has 4 rings (SSSR count). The summed E-state index contributed by atoms with van der Waals surface area (Å²) in [5.74, 6) is -0.683. The number of piperidine rings is 1. The molecule has 1 spiro atoms. The smallest absolute Gasteiger partial charge is 0.393 e. The van der Waals surface area contributed by atoms with Gasteiger partial charge in [-0.25, -0.2) is 0 Å². The molecule has 0 aromatic carbocycles. The van der Waals surface area contributed by atoms with E-state index in [-0.39, 0.29) is 31.0 Å². The first-order valence-corrected chi connectivity index (χ1v) is 10.1. The minimum atomic E-state index is -4.20. The molecule has 3 heterocycles. The number of alkyl halides is 3. The van der Waals surface area contributed by atoms with Crippen LogP contribution in [-0.4, -0.2) is 71.2 Å². The lowest BCUT2D eigenvalue weighted by atomic mass is 9.78. The molecule has 1 aliphatic carbocycles. The Morgan fingerprint density at radius 1 is 1.11 bits per heavy atom. The van der Waals surface area contributed by atoms with Gasteiger partial charge in [0.25, 0.3) is 0 Å². The zero-order valence-corrected chi connectivity index (χ0v) is 15.5. The lowest BCUT2D eigenvalue weighted by Crippen LogP contribution is -2.51. The molecule has 0 aromatic rings. The van der Waals surface area contributed by atoms with E-state index in [0.717, 1.165) is 51.5 Å². The average molecular weight is 387 g/mol. The highest BCUT2D eigenvalue weighted by atomic mass is 19.4. The van der Waals surface area contributed by atoms with Crippen LogP contribution in [0, 0.1) is 11.3 Å². The largest absolute Gasteiger partial charge is 0.394 e. The number of aliphatic imine (C=N–C) groups is 1. The van der Waals surface area contributed by atoms with E-state index >= 15 is 0 Å². The number of carbonyl (C=O) groups excluding carboxylic acids is 1. The van der Waals surface area contributed by atoms with Gasteiger partial charge in [-0.3, -0.25) is 9.79 Å². The summed E-state index contributed by atoms with van der Waals surface area (Å²) >= 11 is 0. The quantitative estimate of drug-likeness (QED) is 0.753. The van der Waals surface area contributed by atoms with Crippen LogP contribution in [0.25, 0.3) is 0 Å². The predicted molar refractivity (Wildman–Crippen MR) is 94.3 cm³/mol. The third-order valence-corrected chi connectivity index (χ3v) is 6.98. The van der Waals surface area contributed by atoms with E-state index in [9.17, 15) is 23.1 Å². The van der Waals surface area contributed by atoms with Crippen LogP contribution in [-0.2, 0) is 4.79 Å². The molecule has 1 unspecified atom stereocenters. The van der Waals surface area contributed by atoms with Crippen LogP contribution >= 0.6 is 0 Å². The summed E-state index contributed by atoms with van der Waals surface area (Å²) in [5.41, 5.74) is -0.465. The SMILES string of the molecule is O=C1N(C2CCC(O)CC2)CC[C@@]12CCCN(C1=NCC(C(F)(F)F)C1)C2. The zero-order valence-electron chi connectivity index (χ0n) is 15.5. The number of aliphatic hydroxyl groups excluding tert-OH is 1. The number of likely N-dealkylation sites (tertiary alicyclic amines) is 2. The molecule has 4 aliphatic rings. The minimum absolute atomic E-state index is 0.0575. The van der Waals surface area contributed by atoms with Crippen molar-refractivity contribution in [2.75, 3.05) is 26.2 Å². The third kappa shape index (κ3) is 3.57. The van der Waals surface area contributed by atoms with Gasteiger partial charge in [-0.2, -0.15) is 13.2 Å². The Morgan fingerprint density at radius 3 is 2.52 bits per heavy atom. The minimum Gasteiger partial charge on any atom is -0.393 e. The van der Waals surface area contributed by atoms with Gasteiger partial charge >= 0.3 is 6.18 Å². The summed E-state index contributed by atoms with van der Waals surface area (Å²) < 4.78 is 38.9. The Balaban J connectivity index is 1.41. The summed E-state index contributed by atoms with van der Waals surface area (Å²) in [7, 11) is 0. The van der Waals surface area contributed by atoms with E-state index in [2.05, 4.69) is 4.99 Å². The highest BCUT2D eigenvalue weighted by Crippen LogP contribution is 2.43. The first kappa shape index (κ1) is 19.0. The maximum absolute atomic E-state index is 13.3. The second kappa shape index (κ2) is 6.94. The van der Waals surface area contributed by atoms with Crippen LogP contribution in [0.2, 0.25) is 0 Å². The molecule has 152 valence electrons. The van der Waals surface area contributed by atoms with Crippen LogP contribution in [0.5, 0.6) is 0 Å². The predicted octanol–water partition coefficient (Wildman–Crippen LogP) is 2.59. The Bertz CT molecular complexity index is 616. The number of halogens is 3. The van der Waals surface area contributed by atoms with Gasteiger partial charge in [-0.15, -0.1) is 0 Å². The molecular weight excluding hydrogens is 359 g/mol. The van der Waals surface area contributed by atoms with Crippen LogP contribution in [0.1, 0.15) is 51.4 Å². The Labute approximate surface area is 157 Å². The molecule has 1 saturated carbocycles. The molecule has 1 N–H and O–H groups in total. The molecule has 2 atom stereocenters. The van der Waals surface area contributed by atoms with Crippen LogP contribution in [0.4, 0.5) is 13.2 Å². The summed E-state index contributed by atoms with van der Waals surface area (Å²) in [6.45, 7) is 1.73. The summed E-state index contributed by atoms with van der Waals surface area (Å²) in [4.78, 5) is 21.4. The fourth-order valence-corrected chi connectivity index (χ4v) is 5.31. The molecule has 5 nitrogen and oxygen atoms in total.